The molecule has 0 aliphatic carbocycles. The van der Waals surface area contributed by atoms with Crippen LogP contribution in [0.15, 0.2) is 18.2 Å². The summed E-state index contributed by atoms with van der Waals surface area (Å²) in [5.74, 6) is 0.710. The second kappa shape index (κ2) is 6.12. The molecular formula is C10H15Cl2NO. The van der Waals surface area contributed by atoms with Gasteiger partial charge in [-0.25, -0.2) is 0 Å². The van der Waals surface area contributed by atoms with E-state index in [4.69, 9.17) is 22.1 Å². The lowest BCUT2D eigenvalue weighted by Gasteiger charge is -2.13. The van der Waals surface area contributed by atoms with Crippen LogP contribution in [0.3, 0.4) is 0 Å². The Morgan fingerprint density at radius 2 is 2.14 bits per heavy atom. The van der Waals surface area contributed by atoms with Crippen molar-refractivity contribution >= 4 is 24.0 Å². The van der Waals surface area contributed by atoms with Gasteiger partial charge in [-0.2, -0.15) is 0 Å². The summed E-state index contributed by atoms with van der Waals surface area (Å²) in [6.45, 7) is 4.44. The molecule has 4 heteroatoms. The van der Waals surface area contributed by atoms with Gasteiger partial charge in [0, 0.05) is 11.6 Å². The molecule has 1 unspecified atom stereocenters. The molecule has 1 rings (SSSR count). The minimum atomic E-state index is -0.0553. The maximum Gasteiger partial charge on any atom is 0.142 e. The molecule has 0 bridgehead atoms. The Morgan fingerprint density at radius 1 is 1.50 bits per heavy atom. The third-order valence-electron chi connectivity index (χ3n) is 1.78. The van der Waals surface area contributed by atoms with Crippen molar-refractivity contribution in [2.45, 2.75) is 19.9 Å². The van der Waals surface area contributed by atoms with E-state index in [1.165, 1.54) is 0 Å². The summed E-state index contributed by atoms with van der Waals surface area (Å²) in [6.07, 6.45) is 0. The van der Waals surface area contributed by atoms with Gasteiger partial charge >= 0.3 is 0 Å². The zero-order valence-electron chi connectivity index (χ0n) is 8.29. The molecule has 2 nitrogen and oxygen atoms in total. The number of para-hydroxylation sites is 1. The Kier molecular flexibility index (Phi) is 5.93. The largest absolute Gasteiger partial charge is 0.492 e. The molecule has 2 N–H and O–H groups in total. The molecule has 0 aromatic heterocycles. The van der Waals surface area contributed by atoms with Crippen LogP contribution in [-0.4, -0.2) is 6.61 Å². The van der Waals surface area contributed by atoms with Crippen molar-refractivity contribution in [3.8, 4) is 5.75 Å². The lowest BCUT2D eigenvalue weighted by atomic mass is 10.1. The Hall–Kier alpha value is -0.440. The lowest BCUT2D eigenvalue weighted by Crippen LogP contribution is -2.08. The molecule has 0 radical (unpaired) electrons. The zero-order chi connectivity index (χ0) is 9.84. The van der Waals surface area contributed by atoms with Gasteiger partial charge < -0.3 is 10.5 Å². The van der Waals surface area contributed by atoms with Gasteiger partial charge in [0.25, 0.3) is 0 Å². The van der Waals surface area contributed by atoms with E-state index < -0.39 is 0 Å². The zero-order valence-corrected chi connectivity index (χ0v) is 9.86. The van der Waals surface area contributed by atoms with Crippen LogP contribution >= 0.6 is 24.0 Å². The van der Waals surface area contributed by atoms with Crippen molar-refractivity contribution in [1.29, 1.82) is 0 Å². The Bertz CT molecular complexity index is 289. The van der Waals surface area contributed by atoms with E-state index >= 15 is 0 Å². The Labute approximate surface area is 95.8 Å². The SMILES string of the molecule is CCOc1c(Cl)cccc1C(C)N.Cl. The number of nitrogens with two attached hydrogens (primary N) is 1. The fourth-order valence-electron chi connectivity index (χ4n) is 1.18. The molecule has 0 heterocycles. The van der Waals surface area contributed by atoms with Gasteiger partial charge in [0.2, 0.25) is 0 Å². The highest BCUT2D eigenvalue weighted by Gasteiger charge is 2.10. The average Bonchev–Trinajstić information content (AvgIpc) is 2.08. The number of halogens is 2. The van der Waals surface area contributed by atoms with Gasteiger partial charge in [-0.05, 0) is 19.9 Å². The minimum absolute atomic E-state index is 0. The summed E-state index contributed by atoms with van der Waals surface area (Å²) in [4.78, 5) is 0. The molecular weight excluding hydrogens is 221 g/mol. The summed E-state index contributed by atoms with van der Waals surface area (Å²) >= 11 is 5.97. The Balaban J connectivity index is 0.00000169. The topological polar surface area (TPSA) is 35.2 Å². The van der Waals surface area contributed by atoms with E-state index in [0.717, 1.165) is 5.56 Å². The maximum atomic E-state index is 5.97. The molecule has 0 spiro atoms. The first-order valence-electron chi connectivity index (χ1n) is 4.33. The number of ether oxygens (including phenoxy) is 1. The van der Waals surface area contributed by atoms with Gasteiger partial charge in [-0.3, -0.25) is 0 Å². The van der Waals surface area contributed by atoms with Crippen molar-refractivity contribution in [3.05, 3.63) is 28.8 Å². The second-order valence-corrected chi connectivity index (χ2v) is 3.29. The average molecular weight is 236 g/mol. The van der Waals surface area contributed by atoms with E-state index in [9.17, 15) is 0 Å². The molecule has 80 valence electrons. The monoisotopic (exact) mass is 235 g/mol. The first-order valence-corrected chi connectivity index (χ1v) is 4.71. The van der Waals surface area contributed by atoms with Crippen LogP contribution in [-0.2, 0) is 0 Å². The molecule has 14 heavy (non-hydrogen) atoms. The van der Waals surface area contributed by atoms with Crippen LogP contribution in [0.1, 0.15) is 25.5 Å². The van der Waals surface area contributed by atoms with Gasteiger partial charge in [-0.1, -0.05) is 23.7 Å². The molecule has 1 atom stereocenters. The van der Waals surface area contributed by atoms with Crippen molar-refractivity contribution < 1.29 is 4.74 Å². The van der Waals surface area contributed by atoms with E-state index in [0.29, 0.717) is 17.4 Å². The molecule has 0 aliphatic heterocycles. The first-order chi connectivity index (χ1) is 6.16. The third kappa shape index (κ3) is 3.05. The van der Waals surface area contributed by atoms with Crippen molar-refractivity contribution in [2.75, 3.05) is 6.61 Å². The molecule has 1 aromatic rings. The highest BCUT2D eigenvalue weighted by Crippen LogP contribution is 2.31. The maximum absolute atomic E-state index is 5.97. The highest BCUT2D eigenvalue weighted by atomic mass is 35.5. The number of benzene rings is 1. The van der Waals surface area contributed by atoms with Crippen molar-refractivity contribution in [2.24, 2.45) is 5.73 Å². The van der Waals surface area contributed by atoms with Gasteiger partial charge in [-0.15, -0.1) is 12.4 Å². The smallest absolute Gasteiger partial charge is 0.142 e. The summed E-state index contributed by atoms with van der Waals surface area (Å²) in [7, 11) is 0. The quantitative estimate of drug-likeness (QED) is 0.874. The highest BCUT2D eigenvalue weighted by molar-refractivity contribution is 6.32. The number of hydrogen-bond donors (Lipinski definition) is 1. The molecule has 0 saturated heterocycles. The van der Waals surface area contributed by atoms with Crippen LogP contribution in [0.25, 0.3) is 0 Å². The summed E-state index contributed by atoms with van der Waals surface area (Å²) < 4.78 is 5.42. The molecule has 0 fully saturated rings. The van der Waals surface area contributed by atoms with Gasteiger partial charge in [0.15, 0.2) is 0 Å². The predicted molar refractivity (Wildman–Crippen MR) is 62.5 cm³/mol. The molecule has 0 saturated carbocycles. The fraction of sp³-hybridized carbons (Fsp3) is 0.400. The van der Waals surface area contributed by atoms with Crippen LogP contribution in [0.4, 0.5) is 0 Å². The molecule has 0 amide bonds. The van der Waals surface area contributed by atoms with Crippen LogP contribution in [0.5, 0.6) is 5.75 Å². The summed E-state index contributed by atoms with van der Waals surface area (Å²) in [6, 6.07) is 5.56. The minimum Gasteiger partial charge on any atom is -0.492 e. The normalized spacial score (nSPS) is 11.7. The van der Waals surface area contributed by atoms with Crippen LogP contribution in [0, 0.1) is 0 Å². The summed E-state index contributed by atoms with van der Waals surface area (Å²) in [5.41, 5.74) is 6.73. The van der Waals surface area contributed by atoms with Gasteiger partial charge in [0.05, 0.1) is 11.6 Å². The molecule has 0 aliphatic rings. The van der Waals surface area contributed by atoms with Crippen molar-refractivity contribution in [1.82, 2.24) is 0 Å². The van der Waals surface area contributed by atoms with E-state index in [2.05, 4.69) is 0 Å². The van der Waals surface area contributed by atoms with E-state index in [1.807, 2.05) is 26.0 Å². The van der Waals surface area contributed by atoms with Crippen LogP contribution < -0.4 is 10.5 Å². The molecule has 1 aromatic carbocycles. The number of rotatable bonds is 3. The second-order valence-electron chi connectivity index (χ2n) is 2.88. The fourth-order valence-corrected chi connectivity index (χ4v) is 1.42. The Morgan fingerprint density at radius 3 is 2.64 bits per heavy atom. The van der Waals surface area contributed by atoms with E-state index in [1.54, 1.807) is 6.07 Å². The lowest BCUT2D eigenvalue weighted by molar-refractivity contribution is 0.335. The van der Waals surface area contributed by atoms with Gasteiger partial charge in [0.1, 0.15) is 5.75 Å². The summed E-state index contributed by atoms with van der Waals surface area (Å²) in [5, 5.41) is 0.622. The predicted octanol–water partition coefficient (Wildman–Crippen LogP) is 3.18. The standard InChI is InChI=1S/C10H14ClNO.ClH/c1-3-13-10-8(7(2)12)5-4-6-9(10)11;/h4-7H,3,12H2,1-2H3;1H. The van der Waals surface area contributed by atoms with Crippen molar-refractivity contribution in [3.63, 3.8) is 0 Å². The third-order valence-corrected chi connectivity index (χ3v) is 2.07. The van der Waals surface area contributed by atoms with Crippen LogP contribution in [0.2, 0.25) is 5.02 Å². The first kappa shape index (κ1) is 13.6. The van der Waals surface area contributed by atoms with E-state index in [-0.39, 0.29) is 18.4 Å². The number of hydrogen-bond acceptors (Lipinski definition) is 2.